The quantitative estimate of drug-likeness (QED) is 0.814. The third-order valence-corrected chi connectivity index (χ3v) is 2.89. The lowest BCUT2D eigenvalue weighted by Crippen LogP contribution is -1.92. The molecule has 0 saturated carbocycles. The van der Waals surface area contributed by atoms with E-state index in [4.69, 9.17) is 23.7 Å². The van der Waals surface area contributed by atoms with Crippen molar-refractivity contribution in [3.8, 4) is 34.5 Å². The summed E-state index contributed by atoms with van der Waals surface area (Å²) < 4.78 is 26.7. The molecule has 0 fully saturated rings. The molecule has 0 atom stereocenters. The fourth-order valence-electron chi connectivity index (χ4n) is 1.82. The zero-order valence-corrected chi connectivity index (χ0v) is 12.5. The van der Waals surface area contributed by atoms with Crippen LogP contribution in [-0.4, -0.2) is 28.4 Å². The Bertz CT molecular complexity index is 512. The summed E-state index contributed by atoms with van der Waals surface area (Å²) in [4.78, 5) is 0. The van der Waals surface area contributed by atoms with Gasteiger partial charge in [-0.3, -0.25) is 0 Å². The normalized spacial score (nSPS) is 9.90. The first-order valence-corrected chi connectivity index (χ1v) is 6.32. The van der Waals surface area contributed by atoms with Crippen LogP contribution in [-0.2, 0) is 0 Å². The summed E-state index contributed by atoms with van der Waals surface area (Å²) in [5.74, 6) is 3.81. The molecule has 0 unspecified atom stereocenters. The van der Waals surface area contributed by atoms with E-state index in [2.05, 4.69) is 0 Å². The molecule has 0 aliphatic heterocycles. The average Bonchev–Trinajstić information content (AvgIpc) is 2.53. The summed E-state index contributed by atoms with van der Waals surface area (Å²) in [6, 6.07) is 10.6. The lowest BCUT2D eigenvalue weighted by atomic mass is 10.2. The Morgan fingerprint density at radius 2 is 0.667 bits per heavy atom. The van der Waals surface area contributed by atoms with Crippen LogP contribution < -0.4 is 23.7 Å². The molecule has 0 heterocycles. The fourth-order valence-corrected chi connectivity index (χ4v) is 1.82. The van der Waals surface area contributed by atoms with Crippen molar-refractivity contribution in [2.75, 3.05) is 28.4 Å². The van der Waals surface area contributed by atoms with Crippen LogP contribution in [0.25, 0.3) is 0 Å². The summed E-state index contributed by atoms with van der Waals surface area (Å²) in [5.41, 5.74) is 0. The van der Waals surface area contributed by atoms with Gasteiger partial charge in [-0.1, -0.05) is 0 Å². The molecule has 0 amide bonds. The monoisotopic (exact) mass is 290 g/mol. The third kappa shape index (κ3) is 3.72. The van der Waals surface area contributed by atoms with Crippen LogP contribution in [0.1, 0.15) is 0 Å². The van der Waals surface area contributed by atoms with Crippen LogP contribution in [0, 0.1) is 0 Å². The predicted molar refractivity (Wildman–Crippen MR) is 79.2 cm³/mol. The summed E-state index contributed by atoms with van der Waals surface area (Å²) >= 11 is 0. The van der Waals surface area contributed by atoms with Gasteiger partial charge in [-0.2, -0.15) is 0 Å². The zero-order chi connectivity index (χ0) is 15.2. The Labute approximate surface area is 124 Å². The molecule has 5 heteroatoms. The third-order valence-electron chi connectivity index (χ3n) is 2.89. The lowest BCUT2D eigenvalue weighted by molar-refractivity contribution is 0.380. The van der Waals surface area contributed by atoms with Gasteiger partial charge in [0.05, 0.1) is 28.4 Å². The van der Waals surface area contributed by atoms with E-state index in [9.17, 15) is 0 Å². The number of ether oxygens (including phenoxy) is 5. The van der Waals surface area contributed by atoms with E-state index in [1.807, 2.05) is 0 Å². The van der Waals surface area contributed by atoms with Gasteiger partial charge in [-0.15, -0.1) is 0 Å². The fraction of sp³-hybridized carbons (Fsp3) is 0.250. The Morgan fingerprint density at radius 1 is 0.429 bits per heavy atom. The van der Waals surface area contributed by atoms with Gasteiger partial charge in [0.1, 0.15) is 34.5 Å². The summed E-state index contributed by atoms with van der Waals surface area (Å²) in [5, 5.41) is 0. The molecular formula is C16H18O5. The molecule has 5 nitrogen and oxygen atoms in total. The van der Waals surface area contributed by atoms with E-state index in [1.165, 1.54) is 0 Å². The van der Waals surface area contributed by atoms with Crippen molar-refractivity contribution < 1.29 is 23.7 Å². The number of methoxy groups -OCH3 is 4. The largest absolute Gasteiger partial charge is 0.496 e. The second-order valence-electron chi connectivity index (χ2n) is 4.20. The van der Waals surface area contributed by atoms with E-state index in [-0.39, 0.29) is 0 Å². The van der Waals surface area contributed by atoms with Crippen molar-refractivity contribution >= 4 is 0 Å². The minimum absolute atomic E-state index is 0.599. The van der Waals surface area contributed by atoms with Gasteiger partial charge in [-0.25, -0.2) is 0 Å². The molecule has 112 valence electrons. The minimum Gasteiger partial charge on any atom is -0.496 e. The van der Waals surface area contributed by atoms with Crippen molar-refractivity contribution in [2.45, 2.75) is 0 Å². The van der Waals surface area contributed by atoms with E-state index in [0.717, 1.165) is 0 Å². The van der Waals surface area contributed by atoms with Gasteiger partial charge in [0.25, 0.3) is 0 Å². The van der Waals surface area contributed by atoms with Crippen molar-refractivity contribution in [3.05, 3.63) is 36.4 Å². The van der Waals surface area contributed by atoms with Crippen LogP contribution >= 0.6 is 0 Å². The summed E-state index contributed by atoms with van der Waals surface area (Å²) in [6.45, 7) is 0. The van der Waals surface area contributed by atoms with Crippen molar-refractivity contribution in [1.29, 1.82) is 0 Å². The second-order valence-corrected chi connectivity index (χ2v) is 4.20. The van der Waals surface area contributed by atoms with Gasteiger partial charge in [0, 0.05) is 36.4 Å². The van der Waals surface area contributed by atoms with Gasteiger partial charge in [-0.05, 0) is 0 Å². The van der Waals surface area contributed by atoms with Crippen molar-refractivity contribution in [2.24, 2.45) is 0 Å². The number of hydrogen-bond acceptors (Lipinski definition) is 5. The first-order valence-electron chi connectivity index (χ1n) is 6.32. The van der Waals surface area contributed by atoms with E-state index in [0.29, 0.717) is 34.5 Å². The maximum Gasteiger partial charge on any atom is 0.134 e. The maximum absolute atomic E-state index is 5.83. The Morgan fingerprint density at radius 3 is 0.905 bits per heavy atom. The van der Waals surface area contributed by atoms with Crippen LogP contribution in [0.3, 0.4) is 0 Å². The van der Waals surface area contributed by atoms with E-state index < -0.39 is 0 Å². The van der Waals surface area contributed by atoms with E-state index in [1.54, 1.807) is 64.8 Å². The second kappa shape index (κ2) is 6.74. The molecule has 0 aliphatic rings. The highest BCUT2D eigenvalue weighted by molar-refractivity contribution is 5.47. The molecule has 0 radical (unpaired) electrons. The standard InChI is InChI=1S/C16H18O5/c1-17-11-5-12(18-2)8-15(7-11)21-16-9-13(19-3)6-14(10-16)20-4/h5-10H,1-4H3. The number of rotatable bonds is 6. The van der Waals surface area contributed by atoms with Crippen LogP contribution in [0.15, 0.2) is 36.4 Å². The molecule has 0 saturated heterocycles. The Hall–Kier alpha value is -2.56. The highest BCUT2D eigenvalue weighted by Gasteiger charge is 2.07. The topological polar surface area (TPSA) is 46.2 Å². The van der Waals surface area contributed by atoms with Gasteiger partial charge in [0.2, 0.25) is 0 Å². The van der Waals surface area contributed by atoms with Crippen molar-refractivity contribution in [3.63, 3.8) is 0 Å². The molecule has 0 aliphatic carbocycles. The first kappa shape index (κ1) is 14.8. The molecule has 0 aromatic heterocycles. The smallest absolute Gasteiger partial charge is 0.134 e. The minimum atomic E-state index is 0.599. The summed E-state index contributed by atoms with van der Waals surface area (Å²) in [6.07, 6.45) is 0. The van der Waals surface area contributed by atoms with E-state index >= 15 is 0 Å². The molecular weight excluding hydrogens is 272 g/mol. The zero-order valence-electron chi connectivity index (χ0n) is 12.5. The number of hydrogen-bond donors (Lipinski definition) is 0. The SMILES string of the molecule is COc1cc(OC)cc(Oc2cc(OC)cc(OC)c2)c1. The first-order chi connectivity index (χ1) is 10.2. The highest BCUT2D eigenvalue weighted by Crippen LogP contribution is 2.34. The molecule has 2 rings (SSSR count). The Kier molecular flexibility index (Phi) is 4.77. The molecule has 0 bridgehead atoms. The predicted octanol–water partition coefficient (Wildman–Crippen LogP) is 3.51. The van der Waals surface area contributed by atoms with Gasteiger partial charge in [0.15, 0.2) is 0 Å². The number of benzene rings is 2. The van der Waals surface area contributed by atoms with Crippen LogP contribution in [0.2, 0.25) is 0 Å². The molecule has 2 aromatic carbocycles. The van der Waals surface area contributed by atoms with Gasteiger partial charge < -0.3 is 23.7 Å². The summed E-state index contributed by atoms with van der Waals surface area (Å²) in [7, 11) is 6.36. The van der Waals surface area contributed by atoms with Crippen LogP contribution in [0.4, 0.5) is 0 Å². The molecule has 21 heavy (non-hydrogen) atoms. The molecule has 2 aromatic rings. The van der Waals surface area contributed by atoms with Gasteiger partial charge >= 0.3 is 0 Å². The molecule has 0 spiro atoms. The molecule has 0 N–H and O–H groups in total. The van der Waals surface area contributed by atoms with Crippen molar-refractivity contribution in [1.82, 2.24) is 0 Å². The maximum atomic E-state index is 5.83. The lowest BCUT2D eigenvalue weighted by Gasteiger charge is -2.12. The highest BCUT2D eigenvalue weighted by atomic mass is 16.5. The average molecular weight is 290 g/mol. The Balaban J connectivity index is 2.32. The van der Waals surface area contributed by atoms with Crippen LogP contribution in [0.5, 0.6) is 34.5 Å².